The number of amides is 1. The number of hydrogen-bond acceptors (Lipinski definition) is 1. The second-order valence-electron chi connectivity index (χ2n) is 5.65. The number of nitrogens with zero attached hydrogens (tertiary/aromatic N) is 1. The van der Waals surface area contributed by atoms with Crippen molar-refractivity contribution in [2.24, 2.45) is 0 Å². The number of carbonyl (C=O) groups is 1. The molecule has 1 atom stereocenters. The van der Waals surface area contributed by atoms with E-state index >= 15 is 0 Å². The molecule has 0 bridgehead atoms. The molecule has 1 aliphatic heterocycles. The normalized spacial score (nSPS) is 17.5. The molecule has 1 amide bonds. The second kappa shape index (κ2) is 5.32. The van der Waals surface area contributed by atoms with Crippen molar-refractivity contribution in [2.45, 2.75) is 32.7 Å². The number of carbonyl (C=O) groups excluding carboxylic acids is 1. The van der Waals surface area contributed by atoms with E-state index in [-0.39, 0.29) is 17.8 Å². The fourth-order valence-electron chi connectivity index (χ4n) is 2.97. The third kappa shape index (κ3) is 2.44. The van der Waals surface area contributed by atoms with Crippen LogP contribution in [0, 0.1) is 12.7 Å². The van der Waals surface area contributed by atoms with Crippen LogP contribution in [0.1, 0.15) is 34.8 Å². The van der Waals surface area contributed by atoms with Crippen LogP contribution in [0.5, 0.6) is 0 Å². The van der Waals surface area contributed by atoms with Gasteiger partial charge in [0, 0.05) is 17.3 Å². The van der Waals surface area contributed by atoms with Crippen molar-refractivity contribution in [2.75, 3.05) is 4.90 Å². The van der Waals surface area contributed by atoms with Gasteiger partial charge in [-0.05, 0) is 62.1 Å². The van der Waals surface area contributed by atoms with Crippen LogP contribution in [0.3, 0.4) is 0 Å². The maximum Gasteiger partial charge on any atom is 0.258 e. The zero-order valence-electron chi connectivity index (χ0n) is 12.3. The lowest BCUT2D eigenvalue weighted by Crippen LogP contribution is -2.42. The van der Waals surface area contributed by atoms with Crippen molar-refractivity contribution >= 4 is 11.6 Å². The molecule has 0 N–H and O–H groups in total. The summed E-state index contributed by atoms with van der Waals surface area (Å²) in [7, 11) is 0. The van der Waals surface area contributed by atoms with Gasteiger partial charge in [0.1, 0.15) is 5.82 Å². The first kappa shape index (κ1) is 13.8. The van der Waals surface area contributed by atoms with Crippen molar-refractivity contribution in [1.82, 2.24) is 0 Å². The Morgan fingerprint density at radius 3 is 2.76 bits per heavy atom. The molecule has 2 aromatic rings. The topological polar surface area (TPSA) is 20.3 Å². The summed E-state index contributed by atoms with van der Waals surface area (Å²) in [5.74, 6) is -0.250. The lowest BCUT2D eigenvalue weighted by molar-refractivity contribution is 0.0974. The summed E-state index contributed by atoms with van der Waals surface area (Å²) in [6.45, 7) is 3.98. The smallest absolute Gasteiger partial charge is 0.258 e. The van der Waals surface area contributed by atoms with E-state index in [0.29, 0.717) is 5.56 Å². The van der Waals surface area contributed by atoms with E-state index in [1.807, 2.05) is 38.1 Å². The standard InChI is InChI=1S/C18H18FNO/c1-12-5-3-4-6-16(12)18(21)20-13(2)7-8-14-11-15(19)9-10-17(14)20/h3-6,9-11,13H,7-8H2,1-2H3. The summed E-state index contributed by atoms with van der Waals surface area (Å²) in [6.07, 6.45) is 1.67. The first-order chi connectivity index (χ1) is 10.1. The van der Waals surface area contributed by atoms with Crippen molar-refractivity contribution in [3.8, 4) is 0 Å². The van der Waals surface area contributed by atoms with Gasteiger partial charge in [0.05, 0.1) is 0 Å². The van der Waals surface area contributed by atoms with Gasteiger partial charge in [-0.1, -0.05) is 18.2 Å². The summed E-state index contributed by atoms with van der Waals surface area (Å²) < 4.78 is 13.4. The Morgan fingerprint density at radius 2 is 2.00 bits per heavy atom. The number of hydrogen-bond donors (Lipinski definition) is 0. The number of benzene rings is 2. The Bertz CT molecular complexity index is 695. The molecule has 21 heavy (non-hydrogen) atoms. The van der Waals surface area contributed by atoms with Gasteiger partial charge in [-0.2, -0.15) is 0 Å². The molecule has 3 heteroatoms. The summed E-state index contributed by atoms with van der Waals surface area (Å²) in [5.41, 5.74) is 3.42. The minimum absolute atomic E-state index is 0.00634. The largest absolute Gasteiger partial charge is 0.305 e. The SMILES string of the molecule is Cc1ccccc1C(=O)N1c2ccc(F)cc2CCC1C. The molecule has 0 aromatic heterocycles. The molecule has 1 unspecified atom stereocenters. The van der Waals surface area contributed by atoms with E-state index in [1.165, 1.54) is 6.07 Å². The van der Waals surface area contributed by atoms with Gasteiger partial charge in [-0.25, -0.2) is 4.39 Å². The predicted molar refractivity (Wildman–Crippen MR) is 82.2 cm³/mol. The summed E-state index contributed by atoms with van der Waals surface area (Å²) >= 11 is 0. The second-order valence-corrected chi connectivity index (χ2v) is 5.65. The monoisotopic (exact) mass is 283 g/mol. The fourth-order valence-corrected chi connectivity index (χ4v) is 2.97. The van der Waals surface area contributed by atoms with Gasteiger partial charge in [0.2, 0.25) is 0 Å². The zero-order valence-corrected chi connectivity index (χ0v) is 12.3. The van der Waals surface area contributed by atoms with Crippen molar-refractivity contribution in [3.05, 3.63) is 65.0 Å². The third-order valence-electron chi connectivity index (χ3n) is 4.17. The molecule has 0 spiro atoms. The summed E-state index contributed by atoms with van der Waals surface area (Å²) in [5, 5.41) is 0. The van der Waals surface area contributed by atoms with Crippen molar-refractivity contribution in [1.29, 1.82) is 0 Å². The van der Waals surface area contributed by atoms with Crippen LogP contribution >= 0.6 is 0 Å². The summed E-state index contributed by atoms with van der Waals surface area (Å²) in [4.78, 5) is 14.7. The zero-order chi connectivity index (χ0) is 15.0. The Morgan fingerprint density at radius 1 is 1.24 bits per heavy atom. The maximum atomic E-state index is 13.4. The van der Waals surface area contributed by atoms with Crippen LogP contribution in [0.25, 0.3) is 0 Å². The minimum Gasteiger partial charge on any atom is -0.305 e. The molecule has 3 rings (SSSR count). The molecule has 0 saturated heterocycles. The third-order valence-corrected chi connectivity index (χ3v) is 4.17. The fraction of sp³-hybridized carbons (Fsp3) is 0.278. The molecule has 0 aliphatic carbocycles. The average molecular weight is 283 g/mol. The molecule has 0 saturated carbocycles. The van der Waals surface area contributed by atoms with Crippen LogP contribution in [0.4, 0.5) is 10.1 Å². The lowest BCUT2D eigenvalue weighted by atomic mass is 9.95. The highest BCUT2D eigenvalue weighted by atomic mass is 19.1. The Hall–Kier alpha value is -2.16. The molecule has 1 heterocycles. The number of halogens is 1. The van der Waals surface area contributed by atoms with Gasteiger partial charge in [0.25, 0.3) is 5.91 Å². The van der Waals surface area contributed by atoms with Gasteiger partial charge in [0.15, 0.2) is 0 Å². The van der Waals surface area contributed by atoms with E-state index in [1.54, 1.807) is 17.0 Å². The number of anilines is 1. The van der Waals surface area contributed by atoms with E-state index in [9.17, 15) is 9.18 Å². The van der Waals surface area contributed by atoms with Crippen LogP contribution < -0.4 is 4.90 Å². The van der Waals surface area contributed by atoms with Gasteiger partial charge < -0.3 is 4.90 Å². The Kier molecular flexibility index (Phi) is 3.50. The van der Waals surface area contributed by atoms with Gasteiger partial charge in [-0.3, -0.25) is 4.79 Å². The van der Waals surface area contributed by atoms with E-state index in [4.69, 9.17) is 0 Å². The van der Waals surface area contributed by atoms with Crippen molar-refractivity contribution < 1.29 is 9.18 Å². The lowest BCUT2D eigenvalue weighted by Gasteiger charge is -2.35. The van der Waals surface area contributed by atoms with E-state index < -0.39 is 0 Å². The van der Waals surface area contributed by atoms with Crippen LogP contribution in [-0.2, 0) is 6.42 Å². The number of aryl methyl sites for hydroxylation is 2. The van der Waals surface area contributed by atoms with Gasteiger partial charge in [-0.15, -0.1) is 0 Å². The highest BCUT2D eigenvalue weighted by Gasteiger charge is 2.29. The van der Waals surface area contributed by atoms with Crippen LogP contribution in [0.2, 0.25) is 0 Å². The number of fused-ring (bicyclic) bond motifs is 1. The quantitative estimate of drug-likeness (QED) is 0.771. The molecule has 0 fully saturated rings. The molecule has 0 radical (unpaired) electrons. The van der Waals surface area contributed by atoms with E-state index in [0.717, 1.165) is 29.7 Å². The van der Waals surface area contributed by atoms with Crippen LogP contribution in [0.15, 0.2) is 42.5 Å². The van der Waals surface area contributed by atoms with Crippen LogP contribution in [-0.4, -0.2) is 11.9 Å². The molecular formula is C18H18FNO. The summed E-state index contributed by atoms with van der Waals surface area (Å²) in [6, 6.07) is 12.4. The Balaban J connectivity index is 2.06. The van der Waals surface area contributed by atoms with Gasteiger partial charge >= 0.3 is 0 Å². The Labute approximate surface area is 124 Å². The number of rotatable bonds is 1. The molecule has 1 aliphatic rings. The van der Waals surface area contributed by atoms with Crippen molar-refractivity contribution in [3.63, 3.8) is 0 Å². The maximum absolute atomic E-state index is 13.4. The predicted octanol–water partition coefficient (Wildman–Crippen LogP) is 4.12. The highest BCUT2D eigenvalue weighted by Crippen LogP contribution is 2.32. The van der Waals surface area contributed by atoms with E-state index in [2.05, 4.69) is 0 Å². The minimum atomic E-state index is -0.244. The molecule has 108 valence electrons. The highest BCUT2D eigenvalue weighted by molar-refractivity contribution is 6.08. The molecular weight excluding hydrogens is 265 g/mol. The average Bonchev–Trinajstić information content (AvgIpc) is 2.47. The first-order valence-electron chi connectivity index (χ1n) is 7.25. The molecule has 2 nitrogen and oxygen atoms in total. The molecule has 2 aromatic carbocycles. The first-order valence-corrected chi connectivity index (χ1v) is 7.25.